The van der Waals surface area contributed by atoms with E-state index in [0.717, 1.165) is 25.2 Å². The zero-order chi connectivity index (χ0) is 14.0. The van der Waals surface area contributed by atoms with Crippen molar-refractivity contribution in [2.24, 2.45) is 5.73 Å². The first-order valence-corrected chi connectivity index (χ1v) is 6.88. The van der Waals surface area contributed by atoms with Crippen molar-refractivity contribution in [3.8, 4) is 0 Å². The van der Waals surface area contributed by atoms with Crippen LogP contribution in [0.2, 0.25) is 0 Å². The van der Waals surface area contributed by atoms with Gasteiger partial charge in [-0.05, 0) is 44.0 Å². The Morgan fingerprint density at radius 3 is 2.74 bits per heavy atom. The van der Waals surface area contributed by atoms with Gasteiger partial charge < -0.3 is 15.5 Å². The summed E-state index contributed by atoms with van der Waals surface area (Å²) in [6.45, 7) is 6.62. The van der Waals surface area contributed by atoms with Gasteiger partial charge in [0.25, 0.3) is 0 Å². The van der Waals surface area contributed by atoms with Gasteiger partial charge in [-0.2, -0.15) is 0 Å². The summed E-state index contributed by atoms with van der Waals surface area (Å²) >= 11 is 0. The van der Waals surface area contributed by atoms with E-state index in [0.29, 0.717) is 13.0 Å². The molecule has 1 aromatic rings. The average molecular weight is 261 g/mol. The highest BCUT2D eigenvalue weighted by atomic mass is 16.2. The lowest BCUT2D eigenvalue weighted by molar-refractivity contribution is -0.118. The van der Waals surface area contributed by atoms with Crippen LogP contribution in [0.4, 0.5) is 11.4 Å². The van der Waals surface area contributed by atoms with Crippen LogP contribution in [0, 0.1) is 13.8 Å². The Kier molecular flexibility index (Phi) is 4.10. The lowest BCUT2D eigenvalue weighted by atomic mass is 10.0. The fourth-order valence-corrected chi connectivity index (χ4v) is 2.61. The van der Waals surface area contributed by atoms with Crippen molar-refractivity contribution >= 4 is 17.3 Å². The number of nitrogens with two attached hydrogens (primary N) is 1. The Balaban J connectivity index is 2.49. The zero-order valence-corrected chi connectivity index (χ0v) is 12.1. The molecule has 1 aromatic carbocycles. The summed E-state index contributed by atoms with van der Waals surface area (Å²) in [5.41, 5.74) is 10.4. The van der Waals surface area contributed by atoms with E-state index >= 15 is 0 Å². The SMILES string of the molecule is Cc1ccc2c(c1C)N(CCCN)CCC(=O)N2C. The molecule has 1 aliphatic heterocycles. The monoisotopic (exact) mass is 261 g/mol. The number of benzene rings is 1. The molecule has 0 spiro atoms. The van der Waals surface area contributed by atoms with E-state index in [4.69, 9.17) is 5.73 Å². The van der Waals surface area contributed by atoms with Gasteiger partial charge in [0.1, 0.15) is 0 Å². The van der Waals surface area contributed by atoms with E-state index in [-0.39, 0.29) is 5.91 Å². The molecule has 0 aromatic heterocycles. The van der Waals surface area contributed by atoms with Crippen molar-refractivity contribution in [2.45, 2.75) is 26.7 Å². The molecule has 0 atom stereocenters. The van der Waals surface area contributed by atoms with Gasteiger partial charge in [-0.1, -0.05) is 6.07 Å². The second kappa shape index (κ2) is 5.61. The van der Waals surface area contributed by atoms with Crippen molar-refractivity contribution in [1.82, 2.24) is 0 Å². The minimum absolute atomic E-state index is 0.180. The molecule has 0 saturated carbocycles. The highest BCUT2D eigenvalue weighted by molar-refractivity contribution is 5.98. The first kappa shape index (κ1) is 13.9. The molecular weight excluding hydrogens is 238 g/mol. The van der Waals surface area contributed by atoms with Crippen LogP contribution in [0.25, 0.3) is 0 Å². The summed E-state index contributed by atoms with van der Waals surface area (Å²) in [5, 5.41) is 0. The Hall–Kier alpha value is -1.55. The van der Waals surface area contributed by atoms with Gasteiger partial charge in [-0.15, -0.1) is 0 Å². The molecular formula is C15H23N3O. The number of hydrogen-bond donors (Lipinski definition) is 1. The summed E-state index contributed by atoms with van der Waals surface area (Å²) in [6, 6.07) is 4.14. The van der Waals surface area contributed by atoms with Gasteiger partial charge in [-0.25, -0.2) is 0 Å². The Morgan fingerprint density at radius 2 is 2.05 bits per heavy atom. The average Bonchev–Trinajstić information content (AvgIpc) is 2.52. The molecule has 2 rings (SSSR count). The molecule has 104 valence electrons. The van der Waals surface area contributed by atoms with Crippen molar-refractivity contribution in [3.05, 3.63) is 23.3 Å². The number of hydrogen-bond acceptors (Lipinski definition) is 3. The van der Waals surface area contributed by atoms with E-state index in [1.54, 1.807) is 4.90 Å². The maximum absolute atomic E-state index is 12.1. The second-order valence-electron chi connectivity index (χ2n) is 5.21. The predicted octanol–water partition coefficient (Wildman–Crippen LogP) is 1.83. The third-order valence-corrected chi connectivity index (χ3v) is 3.96. The Bertz CT molecular complexity index is 485. The van der Waals surface area contributed by atoms with Crippen molar-refractivity contribution in [2.75, 3.05) is 36.5 Å². The van der Waals surface area contributed by atoms with E-state index in [1.807, 2.05) is 7.05 Å². The smallest absolute Gasteiger partial charge is 0.228 e. The van der Waals surface area contributed by atoms with E-state index in [1.165, 1.54) is 16.8 Å². The Morgan fingerprint density at radius 1 is 1.32 bits per heavy atom. The molecule has 0 bridgehead atoms. The number of anilines is 2. The third kappa shape index (κ3) is 2.59. The Labute approximate surface area is 115 Å². The minimum Gasteiger partial charge on any atom is -0.369 e. The van der Waals surface area contributed by atoms with Crippen LogP contribution in [0.1, 0.15) is 24.0 Å². The molecule has 1 heterocycles. The predicted molar refractivity (Wildman–Crippen MR) is 79.8 cm³/mol. The summed E-state index contributed by atoms with van der Waals surface area (Å²) in [7, 11) is 1.86. The highest BCUT2D eigenvalue weighted by Crippen LogP contribution is 2.36. The maximum atomic E-state index is 12.1. The minimum atomic E-state index is 0.180. The normalized spacial score (nSPS) is 15.5. The quantitative estimate of drug-likeness (QED) is 0.903. The summed E-state index contributed by atoms with van der Waals surface area (Å²) in [6.07, 6.45) is 1.51. The molecule has 4 nitrogen and oxygen atoms in total. The van der Waals surface area contributed by atoms with Gasteiger partial charge in [-0.3, -0.25) is 4.79 Å². The lowest BCUT2D eigenvalue weighted by Gasteiger charge is -2.28. The van der Waals surface area contributed by atoms with Gasteiger partial charge in [0, 0.05) is 26.6 Å². The van der Waals surface area contributed by atoms with Crippen molar-refractivity contribution < 1.29 is 4.79 Å². The van der Waals surface area contributed by atoms with Gasteiger partial charge in [0.05, 0.1) is 11.4 Å². The van der Waals surface area contributed by atoms with Crippen molar-refractivity contribution in [3.63, 3.8) is 0 Å². The molecule has 1 aliphatic rings. The van der Waals surface area contributed by atoms with Crippen LogP contribution in [0.5, 0.6) is 0 Å². The molecule has 4 heteroatoms. The molecule has 0 aliphatic carbocycles. The highest BCUT2D eigenvalue weighted by Gasteiger charge is 2.25. The molecule has 2 N–H and O–H groups in total. The second-order valence-corrected chi connectivity index (χ2v) is 5.21. The standard InChI is InChI=1S/C15H23N3O/c1-11-5-6-13-15(12(11)2)18(9-4-8-16)10-7-14(19)17(13)3/h5-6H,4,7-10,16H2,1-3H3. The summed E-state index contributed by atoms with van der Waals surface area (Å²) in [4.78, 5) is 16.2. The number of fused-ring (bicyclic) bond motifs is 1. The summed E-state index contributed by atoms with van der Waals surface area (Å²) < 4.78 is 0. The van der Waals surface area contributed by atoms with Crippen LogP contribution in [-0.2, 0) is 4.79 Å². The third-order valence-electron chi connectivity index (χ3n) is 3.96. The van der Waals surface area contributed by atoms with Crippen LogP contribution < -0.4 is 15.5 Å². The van der Waals surface area contributed by atoms with Gasteiger partial charge >= 0.3 is 0 Å². The zero-order valence-electron chi connectivity index (χ0n) is 12.1. The molecule has 0 radical (unpaired) electrons. The topological polar surface area (TPSA) is 49.6 Å². The van der Waals surface area contributed by atoms with Gasteiger partial charge in [0.2, 0.25) is 5.91 Å². The molecule has 1 amide bonds. The van der Waals surface area contributed by atoms with Crippen molar-refractivity contribution in [1.29, 1.82) is 0 Å². The van der Waals surface area contributed by atoms with E-state index in [9.17, 15) is 4.79 Å². The molecule has 19 heavy (non-hydrogen) atoms. The first-order valence-electron chi connectivity index (χ1n) is 6.88. The molecule has 0 saturated heterocycles. The van der Waals surface area contributed by atoms with Crippen LogP contribution in [0.3, 0.4) is 0 Å². The van der Waals surface area contributed by atoms with Gasteiger partial charge in [0.15, 0.2) is 0 Å². The van der Waals surface area contributed by atoms with Crippen LogP contribution >= 0.6 is 0 Å². The number of nitrogens with zero attached hydrogens (tertiary/aromatic N) is 2. The number of carbonyl (C=O) groups excluding carboxylic acids is 1. The van der Waals surface area contributed by atoms with Crippen LogP contribution in [-0.4, -0.2) is 32.6 Å². The number of amides is 1. The lowest BCUT2D eigenvalue weighted by Crippen LogP contribution is -2.28. The number of aryl methyl sites for hydroxylation is 1. The maximum Gasteiger partial charge on any atom is 0.228 e. The fourth-order valence-electron chi connectivity index (χ4n) is 2.61. The number of carbonyl (C=O) groups is 1. The first-order chi connectivity index (χ1) is 9.06. The number of rotatable bonds is 3. The van der Waals surface area contributed by atoms with E-state index in [2.05, 4.69) is 30.9 Å². The fraction of sp³-hybridized carbons (Fsp3) is 0.533. The largest absolute Gasteiger partial charge is 0.369 e. The molecule has 0 unspecified atom stereocenters. The summed E-state index contributed by atoms with van der Waals surface area (Å²) in [5.74, 6) is 0.180. The van der Waals surface area contributed by atoms with Crippen LogP contribution in [0.15, 0.2) is 12.1 Å². The van der Waals surface area contributed by atoms with E-state index < -0.39 is 0 Å². The molecule has 0 fully saturated rings.